The summed E-state index contributed by atoms with van der Waals surface area (Å²) in [5, 5.41) is 19.6. The van der Waals surface area contributed by atoms with Gasteiger partial charge in [-0.25, -0.2) is 5.43 Å². The molecule has 0 bridgehead atoms. The van der Waals surface area contributed by atoms with E-state index in [-0.39, 0.29) is 11.7 Å². The van der Waals surface area contributed by atoms with Crippen LogP contribution in [-0.4, -0.2) is 32.1 Å². The number of carbonyl (C=O) groups is 1. The molecule has 7 nitrogen and oxygen atoms in total. The van der Waals surface area contributed by atoms with Crippen molar-refractivity contribution in [2.45, 2.75) is 18.6 Å². The van der Waals surface area contributed by atoms with Crippen molar-refractivity contribution >= 4 is 55.8 Å². The molecule has 38 heavy (non-hydrogen) atoms. The summed E-state index contributed by atoms with van der Waals surface area (Å²) in [5.74, 6) is 0.680. The average molecular weight is 586 g/mol. The molecule has 0 saturated heterocycles. The van der Waals surface area contributed by atoms with E-state index in [0.29, 0.717) is 11.7 Å². The van der Waals surface area contributed by atoms with Gasteiger partial charge in [-0.3, -0.25) is 9.36 Å². The standard InChI is InChI=1S/C29H25BrN6OS/c1-20(21-14-16-23(30)17-15-21)32-34-28(37)19-38-29-35-33-27(36(29)24-10-3-2-4-11-24)18-31-26-13-7-9-22-8-5-6-12-25(22)26/h2-17,31H,18-19H2,1H3,(H,34,37)/b32-20+. The van der Waals surface area contributed by atoms with Gasteiger partial charge in [-0.2, -0.15) is 5.10 Å². The van der Waals surface area contributed by atoms with E-state index in [0.717, 1.165) is 38.3 Å². The molecule has 2 N–H and O–H groups in total. The lowest BCUT2D eigenvalue weighted by atomic mass is 10.1. The van der Waals surface area contributed by atoms with Gasteiger partial charge < -0.3 is 5.32 Å². The number of hydrogen-bond acceptors (Lipinski definition) is 6. The average Bonchev–Trinajstić information content (AvgIpc) is 3.37. The Kier molecular flexibility index (Phi) is 8.15. The minimum atomic E-state index is -0.218. The van der Waals surface area contributed by atoms with Crippen LogP contribution < -0.4 is 10.7 Å². The summed E-state index contributed by atoms with van der Waals surface area (Å²) in [6.07, 6.45) is 0. The second-order valence-electron chi connectivity index (χ2n) is 8.48. The summed E-state index contributed by atoms with van der Waals surface area (Å²) in [5.41, 5.74) is 6.26. The summed E-state index contributed by atoms with van der Waals surface area (Å²) >= 11 is 4.74. The van der Waals surface area contributed by atoms with Gasteiger partial charge in [0.25, 0.3) is 5.91 Å². The van der Waals surface area contributed by atoms with Crippen LogP contribution in [0.4, 0.5) is 5.69 Å². The Morgan fingerprint density at radius 3 is 2.47 bits per heavy atom. The van der Waals surface area contributed by atoms with Crippen LogP contribution in [0, 0.1) is 0 Å². The molecular formula is C29H25BrN6OS. The first kappa shape index (κ1) is 25.7. The van der Waals surface area contributed by atoms with Crippen LogP contribution in [0.25, 0.3) is 16.5 Å². The van der Waals surface area contributed by atoms with Crippen LogP contribution in [0.1, 0.15) is 18.3 Å². The Bertz CT molecular complexity index is 1580. The number of benzene rings is 4. The van der Waals surface area contributed by atoms with Gasteiger partial charge >= 0.3 is 0 Å². The fourth-order valence-corrected chi connectivity index (χ4v) is 4.99. The minimum absolute atomic E-state index is 0.152. The maximum atomic E-state index is 12.6. The number of hydrogen-bond donors (Lipinski definition) is 2. The fraction of sp³-hybridized carbons (Fsp3) is 0.103. The molecule has 0 unspecified atom stereocenters. The molecule has 0 aliphatic carbocycles. The first-order chi connectivity index (χ1) is 18.6. The molecule has 0 aliphatic rings. The van der Waals surface area contributed by atoms with Crippen LogP contribution in [0.2, 0.25) is 0 Å². The van der Waals surface area contributed by atoms with E-state index in [1.54, 1.807) is 0 Å². The lowest BCUT2D eigenvalue weighted by Crippen LogP contribution is -2.21. The number of hydrazone groups is 1. The summed E-state index contributed by atoms with van der Waals surface area (Å²) in [7, 11) is 0. The SMILES string of the molecule is C/C(=N\NC(=O)CSc1nnc(CNc2cccc3ccccc23)n1-c1ccccc1)c1ccc(Br)cc1. The molecule has 190 valence electrons. The quantitative estimate of drug-likeness (QED) is 0.118. The summed E-state index contributed by atoms with van der Waals surface area (Å²) < 4.78 is 2.97. The Labute approximate surface area is 233 Å². The van der Waals surface area contributed by atoms with Gasteiger partial charge in [-0.1, -0.05) is 94.4 Å². The second kappa shape index (κ2) is 12.1. The number of halogens is 1. The molecule has 0 spiro atoms. The molecule has 1 heterocycles. The number of amides is 1. The number of fused-ring (bicyclic) bond motifs is 1. The van der Waals surface area contributed by atoms with Crippen LogP contribution >= 0.6 is 27.7 Å². The van der Waals surface area contributed by atoms with Crippen LogP contribution in [0.15, 0.2) is 112 Å². The van der Waals surface area contributed by atoms with Gasteiger partial charge in [0, 0.05) is 21.2 Å². The number of nitrogens with one attached hydrogen (secondary N) is 2. The van der Waals surface area contributed by atoms with Crippen molar-refractivity contribution in [2.24, 2.45) is 5.10 Å². The number of thioether (sulfide) groups is 1. The molecule has 0 radical (unpaired) electrons. The van der Waals surface area contributed by atoms with Crippen molar-refractivity contribution < 1.29 is 4.79 Å². The Balaban J connectivity index is 1.30. The lowest BCUT2D eigenvalue weighted by molar-refractivity contribution is -0.118. The number of para-hydroxylation sites is 1. The Morgan fingerprint density at radius 2 is 1.66 bits per heavy atom. The fourth-order valence-electron chi connectivity index (χ4n) is 3.96. The molecule has 0 fully saturated rings. The first-order valence-electron chi connectivity index (χ1n) is 12.0. The summed E-state index contributed by atoms with van der Waals surface area (Å²) in [6, 6.07) is 32.1. The van der Waals surface area contributed by atoms with Crippen molar-refractivity contribution in [3.8, 4) is 5.69 Å². The van der Waals surface area contributed by atoms with Crippen molar-refractivity contribution in [1.82, 2.24) is 20.2 Å². The largest absolute Gasteiger partial charge is 0.377 e. The number of carbonyl (C=O) groups excluding carboxylic acids is 1. The molecule has 0 saturated carbocycles. The van der Waals surface area contributed by atoms with Gasteiger partial charge in [-0.05, 0) is 48.2 Å². The predicted octanol–water partition coefficient (Wildman–Crippen LogP) is 6.43. The highest BCUT2D eigenvalue weighted by Gasteiger charge is 2.16. The zero-order valence-corrected chi connectivity index (χ0v) is 23.0. The summed E-state index contributed by atoms with van der Waals surface area (Å²) in [4.78, 5) is 12.6. The highest BCUT2D eigenvalue weighted by atomic mass is 79.9. The first-order valence-corrected chi connectivity index (χ1v) is 13.8. The molecule has 4 aromatic carbocycles. The smallest absolute Gasteiger partial charge is 0.250 e. The number of nitrogens with zero attached hydrogens (tertiary/aromatic N) is 4. The molecule has 1 aromatic heterocycles. The number of aromatic nitrogens is 3. The van der Waals surface area contributed by atoms with Gasteiger partial charge in [0.05, 0.1) is 18.0 Å². The Morgan fingerprint density at radius 1 is 0.921 bits per heavy atom. The third kappa shape index (κ3) is 6.12. The third-order valence-electron chi connectivity index (χ3n) is 5.88. The Hall–Kier alpha value is -3.95. The van der Waals surface area contributed by atoms with E-state index in [1.807, 2.05) is 84.3 Å². The summed E-state index contributed by atoms with van der Waals surface area (Å²) in [6.45, 7) is 2.33. The zero-order chi connectivity index (χ0) is 26.3. The highest BCUT2D eigenvalue weighted by molar-refractivity contribution is 9.10. The van der Waals surface area contributed by atoms with Crippen LogP contribution in [0.3, 0.4) is 0 Å². The van der Waals surface area contributed by atoms with E-state index >= 15 is 0 Å². The minimum Gasteiger partial charge on any atom is -0.377 e. The zero-order valence-electron chi connectivity index (χ0n) is 20.6. The number of anilines is 1. The predicted molar refractivity (Wildman–Crippen MR) is 158 cm³/mol. The van der Waals surface area contributed by atoms with Gasteiger partial charge in [0.15, 0.2) is 11.0 Å². The molecule has 9 heteroatoms. The van der Waals surface area contributed by atoms with Gasteiger partial charge in [-0.15, -0.1) is 10.2 Å². The molecule has 0 atom stereocenters. The van der Waals surface area contributed by atoms with E-state index in [9.17, 15) is 4.79 Å². The molecule has 5 rings (SSSR count). The van der Waals surface area contributed by atoms with Crippen molar-refractivity contribution in [3.63, 3.8) is 0 Å². The van der Waals surface area contributed by atoms with Crippen molar-refractivity contribution in [2.75, 3.05) is 11.1 Å². The lowest BCUT2D eigenvalue weighted by Gasteiger charge is -2.12. The monoisotopic (exact) mass is 584 g/mol. The second-order valence-corrected chi connectivity index (χ2v) is 10.3. The van der Waals surface area contributed by atoms with Crippen LogP contribution in [0.5, 0.6) is 0 Å². The third-order valence-corrected chi connectivity index (χ3v) is 7.34. The van der Waals surface area contributed by atoms with E-state index < -0.39 is 0 Å². The highest BCUT2D eigenvalue weighted by Crippen LogP contribution is 2.25. The van der Waals surface area contributed by atoms with Gasteiger partial charge in [0.1, 0.15) is 0 Å². The molecule has 5 aromatic rings. The molecular weight excluding hydrogens is 560 g/mol. The topological polar surface area (TPSA) is 84.2 Å². The maximum absolute atomic E-state index is 12.6. The van der Waals surface area contributed by atoms with E-state index in [1.165, 1.54) is 17.1 Å². The molecule has 0 aliphatic heterocycles. The maximum Gasteiger partial charge on any atom is 0.250 e. The molecule has 1 amide bonds. The normalized spacial score (nSPS) is 11.5. The van der Waals surface area contributed by atoms with Gasteiger partial charge in [0.2, 0.25) is 0 Å². The number of rotatable bonds is 9. The van der Waals surface area contributed by atoms with E-state index in [4.69, 9.17) is 0 Å². The van der Waals surface area contributed by atoms with E-state index in [2.05, 4.69) is 66.2 Å². The van der Waals surface area contributed by atoms with Crippen molar-refractivity contribution in [1.29, 1.82) is 0 Å². The van der Waals surface area contributed by atoms with Crippen LogP contribution in [-0.2, 0) is 11.3 Å². The van der Waals surface area contributed by atoms with Crippen molar-refractivity contribution in [3.05, 3.63) is 113 Å².